The van der Waals surface area contributed by atoms with Crippen molar-refractivity contribution in [2.24, 2.45) is 5.92 Å². The number of hydrogen-bond acceptors (Lipinski definition) is 3. The van der Waals surface area contributed by atoms with Gasteiger partial charge in [-0.05, 0) is 54.7 Å². The first-order valence-electron chi connectivity index (χ1n) is 10.8. The number of halogens is 2. The summed E-state index contributed by atoms with van der Waals surface area (Å²) in [5, 5.41) is 0.844. The van der Waals surface area contributed by atoms with Crippen LogP contribution in [0.1, 0.15) is 42.9 Å². The Morgan fingerprint density at radius 2 is 1.72 bits per heavy atom. The van der Waals surface area contributed by atoms with Crippen LogP contribution in [0.25, 0.3) is 21.9 Å². The zero-order valence-corrected chi connectivity index (χ0v) is 18.5. The number of H-pyrrole nitrogens is 1. The second-order valence-electron chi connectivity index (χ2n) is 8.82. The molecule has 1 N–H and O–H groups in total. The topological polar surface area (TPSA) is 62.8 Å². The van der Waals surface area contributed by atoms with E-state index in [1.807, 2.05) is 42.5 Å². The van der Waals surface area contributed by atoms with Crippen LogP contribution >= 0.6 is 0 Å². The molecule has 2 aromatic carbocycles. The van der Waals surface area contributed by atoms with Gasteiger partial charge in [0.2, 0.25) is 5.92 Å². The lowest BCUT2D eigenvalue weighted by molar-refractivity contribution is -0.0474. The van der Waals surface area contributed by atoms with E-state index in [2.05, 4.69) is 4.98 Å². The fourth-order valence-corrected chi connectivity index (χ4v) is 5.55. The summed E-state index contributed by atoms with van der Waals surface area (Å²) in [6.45, 7) is 0. The lowest BCUT2D eigenvalue weighted by Crippen LogP contribution is -2.28. The van der Waals surface area contributed by atoms with E-state index >= 15 is 0 Å². The third-order valence-corrected chi connectivity index (χ3v) is 7.68. The van der Waals surface area contributed by atoms with Gasteiger partial charge in [0.1, 0.15) is 0 Å². The van der Waals surface area contributed by atoms with E-state index in [-0.39, 0.29) is 29.6 Å². The Morgan fingerprint density at radius 3 is 2.41 bits per heavy atom. The van der Waals surface area contributed by atoms with E-state index < -0.39 is 15.8 Å². The number of aromatic amines is 1. The van der Waals surface area contributed by atoms with E-state index in [0.29, 0.717) is 18.4 Å². The molecule has 0 spiro atoms. The molecule has 0 bridgehead atoms. The third-order valence-electron chi connectivity index (χ3n) is 6.57. The molecule has 1 aliphatic rings. The predicted octanol–water partition coefficient (Wildman–Crippen LogP) is 6.08. The number of nitrogens with zero attached hydrogens (tertiary/aromatic N) is 1. The third kappa shape index (κ3) is 3.90. The number of alkyl halides is 2. The minimum Gasteiger partial charge on any atom is -0.353 e. The summed E-state index contributed by atoms with van der Waals surface area (Å²) in [7, 11) is -3.32. The first-order chi connectivity index (χ1) is 15.2. The summed E-state index contributed by atoms with van der Waals surface area (Å²) in [5.41, 5.74) is 4.22. The van der Waals surface area contributed by atoms with Crippen molar-refractivity contribution in [3.05, 3.63) is 71.9 Å². The molecular weight excluding hydrogens is 430 g/mol. The van der Waals surface area contributed by atoms with Crippen LogP contribution in [-0.2, 0) is 9.84 Å². The normalized spacial score (nSPS) is 18.2. The number of sulfone groups is 1. The number of fused-ring (bicyclic) bond motifs is 3. The monoisotopic (exact) mass is 454 g/mol. The second-order valence-corrected chi connectivity index (χ2v) is 10.8. The molecule has 32 heavy (non-hydrogen) atoms. The fourth-order valence-electron chi connectivity index (χ4n) is 4.90. The van der Waals surface area contributed by atoms with Crippen LogP contribution in [0.2, 0.25) is 0 Å². The SMILES string of the molecule is CS(=O)(=O)c1ccc2c(c1)[nH]c1ccc(C(c3ccccc3)C3CCC(F)(F)CC3)nc12. The van der Waals surface area contributed by atoms with Crippen LogP contribution in [0.15, 0.2) is 65.6 Å². The van der Waals surface area contributed by atoms with Gasteiger partial charge < -0.3 is 4.98 Å². The van der Waals surface area contributed by atoms with Gasteiger partial charge >= 0.3 is 0 Å². The summed E-state index contributed by atoms with van der Waals surface area (Å²) >= 11 is 0. The van der Waals surface area contributed by atoms with E-state index in [0.717, 1.165) is 27.7 Å². The van der Waals surface area contributed by atoms with Gasteiger partial charge in [-0.15, -0.1) is 0 Å². The smallest absolute Gasteiger partial charge is 0.248 e. The van der Waals surface area contributed by atoms with Gasteiger partial charge in [0.25, 0.3) is 0 Å². The Bertz CT molecular complexity index is 1390. The van der Waals surface area contributed by atoms with Gasteiger partial charge in [-0.1, -0.05) is 30.3 Å². The average Bonchev–Trinajstić information content (AvgIpc) is 3.12. The molecule has 0 radical (unpaired) electrons. The standard InChI is InChI=1S/C25H24F2N2O2S/c1-32(30,31)18-7-8-19-22(15-18)28-21-10-9-20(29-24(19)21)23(16-5-3-2-4-6-16)17-11-13-25(26,27)14-12-17/h2-10,15,17,23,28H,11-14H2,1H3. The minimum absolute atomic E-state index is 0.0723. The van der Waals surface area contributed by atoms with Crippen molar-refractivity contribution in [3.63, 3.8) is 0 Å². The summed E-state index contributed by atoms with van der Waals surface area (Å²) in [4.78, 5) is 8.49. The predicted molar refractivity (Wildman–Crippen MR) is 122 cm³/mol. The Kier molecular flexibility index (Phi) is 5.04. The van der Waals surface area contributed by atoms with Crippen molar-refractivity contribution in [2.75, 3.05) is 6.26 Å². The van der Waals surface area contributed by atoms with Crippen molar-refractivity contribution in [2.45, 2.75) is 42.4 Å². The van der Waals surface area contributed by atoms with Crippen LogP contribution in [0, 0.1) is 5.92 Å². The number of benzene rings is 2. The van der Waals surface area contributed by atoms with Crippen LogP contribution < -0.4 is 0 Å². The van der Waals surface area contributed by atoms with E-state index in [1.165, 1.54) is 6.26 Å². The highest BCUT2D eigenvalue weighted by atomic mass is 32.2. The molecular formula is C25H24F2N2O2S. The van der Waals surface area contributed by atoms with E-state index in [4.69, 9.17) is 4.98 Å². The number of rotatable bonds is 4. The van der Waals surface area contributed by atoms with Crippen molar-refractivity contribution >= 4 is 31.8 Å². The maximum atomic E-state index is 13.8. The molecule has 0 amide bonds. The molecule has 0 saturated heterocycles. The van der Waals surface area contributed by atoms with Crippen LogP contribution in [-0.4, -0.2) is 30.6 Å². The summed E-state index contributed by atoms with van der Waals surface area (Å²) in [5.74, 6) is -2.57. The Labute approximate surface area is 185 Å². The molecule has 4 aromatic rings. The molecule has 2 aromatic heterocycles. The van der Waals surface area contributed by atoms with Crippen molar-refractivity contribution < 1.29 is 17.2 Å². The van der Waals surface area contributed by atoms with Gasteiger partial charge in [-0.25, -0.2) is 22.2 Å². The molecule has 1 atom stereocenters. The van der Waals surface area contributed by atoms with E-state index in [1.54, 1.807) is 18.2 Å². The molecule has 1 fully saturated rings. The van der Waals surface area contributed by atoms with Crippen molar-refractivity contribution in [1.29, 1.82) is 0 Å². The zero-order valence-electron chi connectivity index (χ0n) is 17.7. The lowest BCUT2D eigenvalue weighted by Gasteiger charge is -2.34. The lowest BCUT2D eigenvalue weighted by atomic mass is 9.74. The Hall–Kier alpha value is -2.80. The molecule has 166 valence electrons. The van der Waals surface area contributed by atoms with Gasteiger partial charge in [0.05, 0.1) is 15.9 Å². The molecule has 0 aliphatic heterocycles. The number of aromatic nitrogens is 2. The Balaban J connectivity index is 1.61. The highest BCUT2D eigenvalue weighted by Crippen LogP contribution is 2.45. The quantitative estimate of drug-likeness (QED) is 0.407. The number of nitrogens with one attached hydrogen (secondary N) is 1. The summed E-state index contributed by atoms with van der Waals surface area (Å²) in [6.07, 6.45) is 1.91. The summed E-state index contributed by atoms with van der Waals surface area (Å²) < 4.78 is 51.5. The molecule has 1 saturated carbocycles. The fraction of sp³-hybridized carbons (Fsp3) is 0.320. The maximum Gasteiger partial charge on any atom is 0.248 e. The first-order valence-corrected chi connectivity index (χ1v) is 12.7. The maximum absolute atomic E-state index is 13.8. The van der Waals surface area contributed by atoms with Crippen molar-refractivity contribution in [1.82, 2.24) is 9.97 Å². The van der Waals surface area contributed by atoms with Gasteiger partial charge in [0.15, 0.2) is 9.84 Å². The number of hydrogen-bond donors (Lipinski definition) is 1. The second kappa shape index (κ2) is 7.66. The van der Waals surface area contributed by atoms with E-state index in [9.17, 15) is 17.2 Å². The zero-order chi connectivity index (χ0) is 22.5. The largest absolute Gasteiger partial charge is 0.353 e. The van der Waals surface area contributed by atoms with Crippen molar-refractivity contribution in [3.8, 4) is 0 Å². The molecule has 1 unspecified atom stereocenters. The van der Waals surface area contributed by atoms with Gasteiger partial charge in [-0.3, -0.25) is 0 Å². The molecule has 4 nitrogen and oxygen atoms in total. The molecule has 1 aliphatic carbocycles. The van der Waals surface area contributed by atoms with Gasteiger partial charge in [-0.2, -0.15) is 0 Å². The Morgan fingerprint density at radius 1 is 1.00 bits per heavy atom. The number of pyridine rings is 1. The van der Waals surface area contributed by atoms with Crippen LogP contribution in [0.5, 0.6) is 0 Å². The first kappa shape index (κ1) is 21.1. The minimum atomic E-state index is -3.32. The summed E-state index contributed by atoms with van der Waals surface area (Å²) in [6, 6.07) is 18.9. The average molecular weight is 455 g/mol. The van der Waals surface area contributed by atoms with Gasteiger partial charge in [0, 0.05) is 41.6 Å². The van der Waals surface area contributed by atoms with Crippen LogP contribution in [0.3, 0.4) is 0 Å². The highest BCUT2D eigenvalue weighted by Gasteiger charge is 2.39. The molecule has 5 rings (SSSR count). The molecule has 2 heterocycles. The molecule has 7 heteroatoms. The van der Waals surface area contributed by atoms with Crippen LogP contribution in [0.4, 0.5) is 8.78 Å². The highest BCUT2D eigenvalue weighted by molar-refractivity contribution is 7.90.